The van der Waals surface area contributed by atoms with Crippen LogP contribution in [0, 0.1) is 5.92 Å². The minimum Gasteiger partial charge on any atom is -0.445 e. The van der Waals surface area contributed by atoms with Crippen LogP contribution < -0.4 is 0 Å². The zero-order valence-corrected chi connectivity index (χ0v) is 26.6. The molecule has 3 aromatic carbocycles. The monoisotopic (exact) mass is 625 g/mol. The van der Waals surface area contributed by atoms with Gasteiger partial charge in [-0.25, -0.2) is 17.5 Å². The Hall–Kier alpha value is -2.91. The highest BCUT2D eigenvalue weighted by molar-refractivity contribution is 7.89. The van der Waals surface area contributed by atoms with Gasteiger partial charge in [-0.1, -0.05) is 78.9 Å². The van der Waals surface area contributed by atoms with Crippen molar-refractivity contribution in [2.45, 2.75) is 55.6 Å². The van der Waals surface area contributed by atoms with E-state index >= 15 is 0 Å². The Morgan fingerprint density at radius 1 is 0.884 bits per heavy atom. The molecule has 0 bridgehead atoms. The first-order valence-electron chi connectivity index (χ1n) is 15.2. The lowest BCUT2D eigenvalue weighted by Gasteiger charge is -2.38. The minimum absolute atomic E-state index is 0. The van der Waals surface area contributed by atoms with Crippen LogP contribution in [-0.2, 0) is 21.4 Å². The number of hydrogen-bond donors (Lipinski definition) is 0. The molecule has 5 rings (SSSR count). The lowest BCUT2D eigenvalue weighted by Crippen LogP contribution is -2.48. The Morgan fingerprint density at radius 2 is 1.47 bits per heavy atom. The number of ether oxygens (including phenoxy) is 1. The second-order valence-corrected chi connectivity index (χ2v) is 13.7. The van der Waals surface area contributed by atoms with E-state index in [0.29, 0.717) is 24.0 Å². The molecule has 2 aliphatic rings. The highest BCUT2D eigenvalue weighted by atomic mass is 35.5. The van der Waals surface area contributed by atoms with Crippen LogP contribution in [0.3, 0.4) is 0 Å². The normalized spacial score (nSPS) is 16.8. The first kappa shape index (κ1) is 33.0. The molecule has 0 aromatic heterocycles. The van der Waals surface area contributed by atoms with E-state index in [-0.39, 0.29) is 30.5 Å². The molecule has 1 aliphatic heterocycles. The van der Waals surface area contributed by atoms with Gasteiger partial charge in [-0.15, -0.1) is 12.4 Å². The molecule has 0 unspecified atom stereocenters. The number of amides is 1. The molecule has 43 heavy (non-hydrogen) atoms. The number of likely N-dealkylation sites (tertiary alicyclic amines) is 1. The first-order chi connectivity index (χ1) is 20.4. The van der Waals surface area contributed by atoms with Crippen LogP contribution >= 0.6 is 12.4 Å². The van der Waals surface area contributed by atoms with Gasteiger partial charge in [-0.3, -0.25) is 0 Å². The zero-order valence-electron chi connectivity index (χ0n) is 25.0. The Morgan fingerprint density at radius 3 is 2.07 bits per heavy atom. The molecule has 1 saturated carbocycles. The summed E-state index contributed by atoms with van der Waals surface area (Å²) in [6, 6.07) is 28.9. The fourth-order valence-electron chi connectivity index (χ4n) is 5.82. The average Bonchev–Trinajstić information content (AvgIpc) is 3.86. The third kappa shape index (κ3) is 9.29. The van der Waals surface area contributed by atoms with Gasteiger partial charge in [0.15, 0.2) is 0 Å². The van der Waals surface area contributed by atoms with Crippen LogP contribution in [0.4, 0.5) is 4.79 Å². The van der Waals surface area contributed by atoms with E-state index < -0.39 is 10.0 Å². The van der Waals surface area contributed by atoms with Crippen molar-refractivity contribution in [3.05, 3.63) is 102 Å². The number of carbonyl (C=O) groups is 1. The molecule has 1 aliphatic carbocycles. The maximum atomic E-state index is 13.2. The number of halogens is 1. The van der Waals surface area contributed by atoms with Gasteiger partial charge in [0.05, 0.1) is 4.90 Å². The van der Waals surface area contributed by atoms with Crippen LogP contribution in [0.1, 0.15) is 49.1 Å². The van der Waals surface area contributed by atoms with Crippen molar-refractivity contribution in [2.75, 3.05) is 39.8 Å². The summed E-state index contributed by atoms with van der Waals surface area (Å²) in [5.74, 6) is 0.676. The fraction of sp³-hybridized carbons (Fsp3) is 0.441. The smallest absolute Gasteiger partial charge is 0.410 e. The van der Waals surface area contributed by atoms with Gasteiger partial charge in [-0.05, 0) is 73.7 Å². The van der Waals surface area contributed by atoms with Crippen LogP contribution in [-0.4, -0.2) is 74.4 Å². The lowest BCUT2D eigenvalue weighted by atomic mass is 9.94. The van der Waals surface area contributed by atoms with E-state index in [2.05, 4.69) is 17.0 Å². The maximum absolute atomic E-state index is 13.2. The Balaban J connectivity index is 0.00000423. The number of nitrogens with zero attached hydrogens (tertiary/aromatic N) is 3. The summed E-state index contributed by atoms with van der Waals surface area (Å²) in [5, 5.41) is 0. The lowest BCUT2D eigenvalue weighted by molar-refractivity contribution is 0.0580. The largest absolute Gasteiger partial charge is 0.445 e. The summed E-state index contributed by atoms with van der Waals surface area (Å²) in [5.41, 5.74) is 2.15. The Labute approximate surface area is 263 Å². The molecule has 7 nitrogen and oxygen atoms in total. The third-order valence-corrected chi connectivity index (χ3v) is 10.4. The van der Waals surface area contributed by atoms with Gasteiger partial charge >= 0.3 is 6.09 Å². The van der Waals surface area contributed by atoms with Gasteiger partial charge in [0.1, 0.15) is 6.61 Å². The summed E-state index contributed by atoms with van der Waals surface area (Å²) in [7, 11) is -1.89. The second-order valence-electron chi connectivity index (χ2n) is 11.7. The molecule has 232 valence electrons. The molecular weight excluding hydrogens is 582 g/mol. The summed E-state index contributed by atoms with van der Waals surface area (Å²) in [6.07, 6.45) is 4.88. The van der Waals surface area contributed by atoms with Crippen molar-refractivity contribution >= 4 is 28.5 Å². The molecule has 1 amide bonds. The Kier molecular flexibility index (Phi) is 12.1. The number of likely N-dealkylation sites (N-methyl/N-ethyl adjacent to an activating group) is 1. The fourth-order valence-corrected chi connectivity index (χ4v) is 7.05. The minimum atomic E-state index is -3.57. The zero-order chi connectivity index (χ0) is 29.4. The second kappa shape index (κ2) is 15.7. The van der Waals surface area contributed by atoms with Crippen LogP contribution in [0.5, 0.6) is 0 Å². The third-order valence-electron chi connectivity index (χ3n) is 8.58. The predicted molar refractivity (Wildman–Crippen MR) is 173 cm³/mol. The highest BCUT2D eigenvalue weighted by Crippen LogP contribution is 2.32. The summed E-state index contributed by atoms with van der Waals surface area (Å²) < 4.78 is 33.7. The van der Waals surface area contributed by atoms with Gasteiger partial charge in [0, 0.05) is 39.3 Å². The average molecular weight is 626 g/mol. The predicted octanol–water partition coefficient (Wildman–Crippen LogP) is 6.42. The van der Waals surface area contributed by atoms with Crippen LogP contribution in [0.15, 0.2) is 95.9 Å². The van der Waals surface area contributed by atoms with E-state index in [1.165, 1.54) is 17.1 Å². The summed E-state index contributed by atoms with van der Waals surface area (Å²) in [6.45, 7) is 4.22. The molecule has 1 saturated heterocycles. The van der Waals surface area contributed by atoms with Gasteiger partial charge < -0.3 is 14.5 Å². The molecule has 0 spiro atoms. The number of benzene rings is 3. The highest BCUT2D eigenvalue weighted by Gasteiger charge is 2.34. The van der Waals surface area contributed by atoms with Crippen molar-refractivity contribution in [3.8, 4) is 0 Å². The van der Waals surface area contributed by atoms with E-state index in [4.69, 9.17) is 4.74 Å². The number of piperidine rings is 1. The molecule has 9 heteroatoms. The number of rotatable bonds is 13. The molecule has 3 aromatic rings. The van der Waals surface area contributed by atoms with Crippen molar-refractivity contribution in [3.63, 3.8) is 0 Å². The molecule has 1 atom stereocenters. The SMILES string of the molecule is CN(C[C@H](CCN1CCC(N(CC2CC2)C(=O)OCc2ccccc2)CC1)c1ccccc1)S(=O)(=O)c1ccccc1.Cl. The molecule has 2 fully saturated rings. The number of hydrogen-bond acceptors (Lipinski definition) is 5. The van der Waals surface area contributed by atoms with E-state index in [1.807, 2.05) is 59.5 Å². The van der Waals surface area contributed by atoms with Crippen molar-refractivity contribution in [1.82, 2.24) is 14.1 Å². The van der Waals surface area contributed by atoms with Crippen molar-refractivity contribution < 1.29 is 17.9 Å². The quantitative estimate of drug-likeness (QED) is 0.219. The first-order valence-corrected chi connectivity index (χ1v) is 16.6. The van der Waals surface area contributed by atoms with E-state index in [1.54, 1.807) is 31.3 Å². The van der Waals surface area contributed by atoms with Gasteiger partial charge in [-0.2, -0.15) is 0 Å². The molecule has 0 N–H and O–H groups in total. The van der Waals surface area contributed by atoms with E-state index in [9.17, 15) is 13.2 Å². The van der Waals surface area contributed by atoms with Crippen LogP contribution in [0.2, 0.25) is 0 Å². The maximum Gasteiger partial charge on any atom is 0.410 e. The summed E-state index contributed by atoms with van der Waals surface area (Å²) in [4.78, 5) is 17.9. The standard InChI is InChI=1S/C34H43N3O4S.ClH/c1-35(42(39,40)33-15-9-4-10-16-33)26-31(30-13-7-3-8-14-30)19-22-36-23-20-32(21-24-36)37(25-28-17-18-28)34(38)41-27-29-11-5-2-6-12-29;/h2-16,28,31-32H,17-27H2,1H3;1H/t31-;/m0./s1. The van der Waals surface area contributed by atoms with Crippen molar-refractivity contribution in [1.29, 1.82) is 0 Å². The Bertz CT molecular complexity index is 1370. The van der Waals surface area contributed by atoms with E-state index in [0.717, 1.165) is 56.6 Å². The van der Waals surface area contributed by atoms with Gasteiger partial charge in [0.2, 0.25) is 10.0 Å². The van der Waals surface area contributed by atoms with Crippen molar-refractivity contribution in [2.24, 2.45) is 5.92 Å². The van der Waals surface area contributed by atoms with Gasteiger partial charge in [0.25, 0.3) is 0 Å². The van der Waals surface area contributed by atoms with Crippen LogP contribution in [0.25, 0.3) is 0 Å². The molecular formula is C34H44ClN3O4S. The molecule has 1 heterocycles. The molecule has 0 radical (unpaired) electrons. The number of sulfonamides is 1. The summed E-state index contributed by atoms with van der Waals surface area (Å²) >= 11 is 0. The number of carbonyl (C=O) groups excluding carboxylic acids is 1. The topological polar surface area (TPSA) is 70.2 Å².